The van der Waals surface area contributed by atoms with E-state index in [0.717, 1.165) is 108 Å². The fourth-order valence-corrected chi connectivity index (χ4v) is 8.97. The second kappa shape index (κ2) is 10.1. The molecule has 0 atom stereocenters. The van der Waals surface area contributed by atoms with E-state index in [1.165, 1.54) is 22.7 Å². The summed E-state index contributed by atoms with van der Waals surface area (Å²) in [5.74, 6) is 1.52. The number of fused-ring (bicyclic) bond motifs is 8. The van der Waals surface area contributed by atoms with Gasteiger partial charge < -0.3 is 9.47 Å². The number of ether oxygens (including phenoxy) is 2. The van der Waals surface area contributed by atoms with E-state index in [-0.39, 0.29) is 11.1 Å². The molecule has 0 saturated heterocycles. The van der Waals surface area contributed by atoms with Gasteiger partial charge in [-0.3, -0.25) is 0 Å². The Kier molecular flexibility index (Phi) is 6.36. The molecule has 2 fully saturated rings. The second-order valence-corrected chi connectivity index (χ2v) is 13.2. The van der Waals surface area contributed by atoms with Crippen LogP contribution in [0.25, 0.3) is 33.0 Å². The number of rotatable bonds is 2. The maximum absolute atomic E-state index is 9.36. The van der Waals surface area contributed by atoms with Crippen molar-refractivity contribution in [2.45, 2.75) is 75.4 Å². The highest BCUT2D eigenvalue weighted by atomic mass is 32.1. The second-order valence-electron chi connectivity index (χ2n) is 11.2. The Morgan fingerprint density at radius 3 is 1.38 bits per heavy atom. The smallest absolute Gasteiger partial charge is 0.152 e. The van der Waals surface area contributed by atoms with Gasteiger partial charge in [0, 0.05) is 23.3 Å². The Balaban J connectivity index is 1.42. The molecule has 0 bridgehead atoms. The Hall–Kier alpha value is -4.48. The van der Waals surface area contributed by atoms with Crippen LogP contribution in [0, 0.1) is 45.3 Å². The van der Waals surface area contributed by atoms with Crippen LogP contribution < -0.4 is 9.47 Å². The molecule has 0 radical (unpaired) electrons. The van der Waals surface area contributed by atoms with Crippen LogP contribution in [0.2, 0.25) is 0 Å². The quantitative estimate of drug-likeness (QED) is 0.275. The molecule has 2 aliphatic carbocycles. The fourth-order valence-electron chi connectivity index (χ4n) is 6.73. The summed E-state index contributed by atoms with van der Waals surface area (Å²) in [4.78, 5) is 11.9. The van der Waals surface area contributed by atoms with Crippen LogP contribution in [0.3, 0.4) is 0 Å². The van der Waals surface area contributed by atoms with Gasteiger partial charge in [0.15, 0.2) is 11.2 Å². The standard InChI is InChI=1S/C32H24N6O2S2/c33-15-19(16-34)11-25-37-29-27(41-25)21-14-24-22(13-23(21)39-31(29)7-3-1-4-8-31)28-30(32(40-24)9-5-2-6-10-32)38-26(42-28)12-20(17-35)18-36/h11-14H,1-10H2. The van der Waals surface area contributed by atoms with E-state index >= 15 is 0 Å². The van der Waals surface area contributed by atoms with E-state index in [1.807, 2.05) is 24.3 Å². The van der Waals surface area contributed by atoms with Gasteiger partial charge in [-0.1, -0.05) is 12.8 Å². The van der Waals surface area contributed by atoms with E-state index in [1.54, 1.807) is 12.2 Å². The lowest BCUT2D eigenvalue weighted by atomic mass is 9.78. The largest absolute Gasteiger partial charge is 0.480 e. The van der Waals surface area contributed by atoms with Crippen molar-refractivity contribution in [1.29, 1.82) is 21.0 Å². The van der Waals surface area contributed by atoms with Crippen LogP contribution in [-0.4, -0.2) is 9.97 Å². The van der Waals surface area contributed by atoms with Gasteiger partial charge in [0.05, 0.1) is 9.75 Å². The van der Waals surface area contributed by atoms with Crippen LogP contribution in [0.5, 0.6) is 11.5 Å². The normalized spacial score (nSPS) is 18.2. The van der Waals surface area contributed by atoms with Crippen LogP contribution in [0.15, 0.2) is 23.3 Å². The first-order valence-corrected chi connectivity index (χ1v) is 15.8. The highest BCUT2D eigenvalue weighted by molar-refractivity contribution is 7.16. The maximum Gasteiger partial charge on any atom is 0.152 e. The van der Waals surface area contributed by atoms with Crippen LogP contribution in [-0.2, 0) is 11.2 Å². The van der Waals surface area contributed by atoms with Gasteiger partial charge >= 0.3 is 0 Å². The van der Waals surface area contributed by atoms with E-state index in [0.29, 0.717) is 10.0 Å². The van der Waals surface area contributed by atoms with Crippen molar-refractivity contribution in [3.05, 3.63) is 44.7 Å². The van der Waals surface area contributed by atoms with Crippen LogP contribution in [0.1, 0.15) is 85.6 Å². The van der Waals surface area contributed by atoms with Crippen LogP contribution >= 0.6 is 22.7 Å². The lowest BCUT2D eigenvalue weighted by Gasteiger charge is -2.43. The number of allylic oxidation sites excluding steroid dienone is 2. The summed E-state index contributed by atoms with van der Waals surface area (Å²) in [6.45, 7) is 0. The molecule has 206 valence electrons. The van der Waals surface area contributed by atoms with Crippen LogP contribution in [0.4, 0.5) is 0 Å². The Bertz CT molecular complexity index is 1690. The zero-order valence-corrected chi connectivity index (χ0v) is 24.3. The predicted molar refractivity (Wildman–Crippen MR) is 158 cm³/mol. The molecule has 4 heterocycles. The van der Waals surface area contributed by atoms with Crippen molar-refractivity contribution in [2.24, 2.45) is 0 Å². The molecule has 0 unspecified atom stereocenters. The SMILES string of the molecule is N#CC(C#N)=Cc1nc2c(s1)-c1cc3c(cc1OC21CCCCC1)-c1sc(C=C(C#N)C#N)nc1C1(CCCCC1)O3. The lowest BCUT2D eigenvalue weighted by molar-refractivity contribution is 0.0163. The molecule has 3 aromatic rings. The number of benzene rings is 1. The van der Waals surface area contributed by atoms with Crippen molar-refractivity contribution in [3.8, 4) is 56.7 Å². The van der Waals surface area contributed by atoms with Crippen molar-refractivity contribution in [2.75, 3.05) is 0 Å². The van der Waals surface area contributed by atoms with Crippen molar-refractivity contribution >= 4 is 34.8 Å². The zero-order valence-electron chi connectivity index (χ0n) is 22.7. The van der Waals surface area contributed by atoms with Gasteiger partial charge in [0.2, 0.25) is 0 Å². The fraction of sp³-hybridized carbons (Fsp3) is 0.375. The van der Waals surface area contributed by atoms with Crippen molar-refractivity contribution < 1.29 is 9.47 Å². The molecule has 2 saturated carbocycles. The molecular formula is C32H24N6O2S2. The van der Waals surface area contributed by atoms with Gasteiger partial charge in [-0.05, 0) is 63.5 Å². The lowest BCUT2D eigenvalue weighted by Crippen LogP contribution is -2.39. The minimum atomic E-state index is -0.560. The van der Waals surface area contributed by atoms with Gasteiger partial charge in [-0.15, -0.1) is 22.7 Å². The summed E-state index contributed by atoms with van der Waals surface area (Å²) >= 11 is 2.96. The highest BCUT2D eigenvalue weighted by Gasteiger charge is 2.48. The third-order valence-corrected chi connectivity index (χ3v) is 10.7. The minimum Gasteiger partial charge on any atom is -0.480 e. The minimum absolute atomic E-state index is 0.0199. The maximum atomic E-state index is 9.36. The summed E-state index contributed by atoms with van der Waals surface area (Å²) in [6, 6.07) is 11.9. The van der Waals surface area contributed by atoms with Gasteiger partial charge in [-0.2, -0.15) is 21.0 Å². The number of thiazole rings is 2. The molecular weight excluding hydrogens is 565 g/mol. The molecule has 0 amide bonds. The molecule has 42 heavy (non-hydrogen) atoms. The average molecular weight is 589 g/mol. The van der Waals surface area contributed by atoms with E-state index in [9.17, 15) is 21.0 Å². The monoisotopic (exact) mass is 588 g/mol. The Labute approximate surface area is 251 Å². The molecule has 1 aromatic carbocycles. The first kappa shape index (κ1) is 26.4. The van der Waals surface area contributed by atoms with Gasteiger partial charge in [0.1, 0.15) is 68.3 Å². The summed E-state index contributed by atoms with van der Waals surface area (Å²) in [7, 11) is 0. The number of hydrogen-bond acceptors (Lipinski definition) is 10. The number of nitriles is 4. The molecule has 7 rings (SSSR count). The first-order valence-electron chi connectivity index (χ1n) is 14.1. The van der Waals surface area contributed by atoms with Crippen molar-refractivity contribution in [3.63, 3.8) is 0 Å². The van der Waals surface area contributed by atoms with E-state index < -0.39 is 11.2 Å². The molecule has 2 spiro atoms. The predicted octanol–water partition coefficient (Wildman–Crippen LogP) is 7.90. The molecule has 4 aliphatic rings. The first-order chi connectivity index (χ1) is 20.5. The average Bonchev–Trinajstić information content (AvgIpc) is 3.65. The van der Waals surface area contributed by atoms with Crippen molar-refractivity contribution in [1.82, 2.24) is 9.97 Å². The molecule has 10 heteroatoms. The third-order valence-electron chi connectivity index (χ3n) is 8.67. The Morgan fingerprint density at radius 2 is 1.02 bits per heavy atom. The van der Waals surface area contributed by atoms with Gasteiger partial charge in [-0.25, -0.2) is 9.97 Å². The third kappa shape index (κ3) is 4.11. The Morgan fingerprint density at radius 1 is 0.643 bits per heavy atom. The van der Waals surface area contributed by atoms with Gasteiger partial charge in [0.25, 0.3) is 0 Å². The highest BCUT2D eigenvalue weighted by Crippen LogP contribution is 2.59. The number of hydrogen-bond donors (Lipinski definition) is 0. The molecule has 0 N–H and O–H groups in total. The van der Waals surface area contributed by atoms with E-state index in [2.05, 4.69) is 12.1 Å². The number of nitrogens with zero attached hydrogens (tertiary/aromatic N) is 6. The summed E-state index contributed by atoms with van der Waals surface area (Å²) in [6.07, 6.45) is 12.9. The summed E-state index contributed by atoms with van der Waals surface area (Å²) in [5, 5.41) is 38.7. The summed E-state index contributed by atoms with van der Waals surface area (Å²) < 4.78 is 13.8. The zero-order chi connectivity index (χ0) is 28.9. The molecule has 2 aromatic heterocycles. The number of aromatic nitrogens is 2. The summed E-state index contributed by atoms with van der Waals surface area (Å²) in [5.41, 5.74) is 2.50. The molecule has 8 nitrogen and oxygen atoms in total. The molecule has 2 aliphatic heterocycles. The van der Waals surface area contributed by atoms with E-state index in [4.69, 9.17) is 19.4 Å². The topological polar surface area (TPSA) is 139 Å².